The van der Waals surface area contributed by atoms with Crippen molar-refractivity contribution in [2.45, 2.75) is 32.9 Å². The van der Waals surface area contributed by atoms with Crippen molar-refractivity contribution in [1.29, 1.82) is 0 Å². The molecule has 0 aliphatic heterocycles. The van der Waals surface area contributed by atoms with E-state index >= 15 is 0 Å². The molecular weight excluding hydrogens is 234 g/mol. The highest BCUT2D eigenvalue weighted by atomic mass is 16.6. The third kappa shape index (κ3) is 4.45. The molecule has 18 heavy (non-hydrogen) atoms. The summed E-state index contributed by atoms with van der Waals surface area (Å²) < 4.78 is 5.04. The van der Waals surface area contributed by atoms with Crippen LogP contribution in [0.15, 0.2) is 30.3 Å². The molecule has 0 radical (unpaired) electrons. The maximum atomic E-state index is 11.7. The van der Waals surface area contributed by atoms with Crippen molar-refractivity contribution in [2.75, 3.05) is 0 Å². The standard InChI is InChI=1S/C13H17NO4/c1-13(2,3)18-12(17)14(11(15)16)9-10-7-5-4-6-8-10/h4-8H,9H2,1-3H3,(H,15,16). The van der Waals surface area contributed by atoms with Gasteiger partial charge in [-0.15, -0.1) is 0 Å². The zero-order valence-corrected chi connectivity index (χ0v) is 10.7. The van der Waals surface area contributed by atoms with Gasteiger partial charge >= 0.3 is 12.2 Å². The van der Waals surface area contributed by atoms with E-state index in [1.165, 1.54) is 0 Å². The highest BCUT2D eigenvalue weighted by Gasteiger charge is 2.26. The number of carboxylic acid groups (broad SMARTS) is 1. The summed E-state index contributed by atoms with van der Waals surface area (Å²) in [6.07, 6.45) is -2.19. The van der Waals surface area contributed by atoms with Crippen molar-refractivity contribution in [3.63, 3.8) is 0 Å². The first kappa shape index (κ1) is 14.0. The summed E-state index contributed by atoms with van der Waals surface area (Å²) in [4.78, 5) is 23.4. The molecular formula is C13H17NO4. The fourth-order valence-corrected chi connectivity index (χ4v) is 1.29. The van der Waals surface area contributed by atoms with Gasteiger partial charge in [-0.25, -0.2) is 14.5 Å². The number of amides is 2. The number of imide groups is 1. The Labute approximate surface area is 106 Å². The fourth-order valence-electron chi connectivity index (χ4n) is 1.29. The first-order chi connectivity index (χ1) is 8.29. The summed E-state index contributed by atoms with van der Waals surface area (Å²) in [5.41, 5.74) is 0.00679. The van der Waals surface area contributed by atoms with Crippen molar-refractivity contribution < 1.29 is 19.4 Å². The van der Waals surface area contributed by atoms with Crippen LogP contribution >= 0.6 is 0 Å². The zero-order valence-electron chi connectivity index (χ0n) is 10.7. The zero-order chi connectivity index (χ0) is 13.8. The summed E-state index contributed by atoms with van der Waals surface area (Å²) in [6.45, 7) is 5.04. The maximum Gasteiger partial charge on any atom is 0.420 e. The average molecular weight is 251 g/mol. The van der Waals surface area contributed by atoms with Gasteiger partial charge in [0.15, 0.2) is 0 Å². The van der Waals surface area contributed by atoms with E-state index < -0.39 is 17.8 Å². The molecule has 1 rings (SSSR count). The minimum absolute atomic E-state index is 0.0227. The predicted molar refractivity (Wildman–Crippen MR) is 66.2 cm³/mol. The third-order valence-electron chi connectivity index (χ3n) is 2.03. The summed E-state index contributed by atoms with van der Waals surface area (Å²) in [5, 5.41) is 9.03. The van der Waals surface area contributed by atoms with Crippen LogP contribution in [0.2, 0.25) is 0 Å². The van der Waals surface area contributed by atoms with Gasteiger partial charge in [-0.1, -0.05) is 30.3 Å². The van der Waals surface area contributed by atoms with Crippen LogP contribution in [-0.2, 0) is 11.3 Å². The van der Waals surface area contributed by atoms with Gasteiger partial charge in [0, 0.05) is 0 Å². The summed E-state index contributed by atoms with van der Waals surface area (Å²) in [7, 11) is 0. The Morgan fingerprint density at radius 1 is 1.22 bits per heavy atom. The molecule has 0 saturated heterocycles. The Balaban J connectivity index is 2.78. The van der Waals surface area contributed by atoms with Crippen molar-refractivity contribution in [2.24, 2.45) is 0 Å². The van der Waals surface area contributed by atoms with Crippen LogP contribution in [0.3, 0.4) is 0 Å². The Morgan fingerprint density at radius 2 is 1.78 bits per heavy atom. The number of rotatable bonds is 2. The maximum absolute atomic E-state index is 11.7. The number of nitrogens with zero attached hydrogens (tertiary/aromatic N) is 1. The number of carbonyl (C=O) groups is 2. The first-order valence-corrected chi connectivity index (χ1v) is 5.57. The minimum atomic E-state index is -1.33. The smallest absolute Gasteiger partial charge is 0.420 e. The van der Waals surface area contributed by atoms with Gasteiger partial charge in [0.2, 0.25) is 0 Å². The number of hydrogen-bond acceptors (Lipinski definition) is 3. The largest absolute Gasteiger partial charge is 0.465 e. The van der Waals surface area contributed by atoms with Gasteiger partial charge in [-0.3, -0.25) is 0 Å². The van der Waals surface area contributed by atoms with Crippen LogP contribution in [0.4, 0.5) is 9.59 Å². The van der Waals surface area contributed by atoms with Crippen LogP contribution in [0.25, 0.3) is 0 Å². The van der Waals surface area contributed by atoms with Gasteiger partial charge in [0.05, 0.1) is 6.54 Å². The molecule has 0 spiro atoms. The van der Waals surface area contributed by atoms with Crippen LogP contribution < -0.4 is 0 Å². The lowest BCUT2D eigenvalue weighted by molar-refractivity contribution is 0.0255. The molecule has 0 unspecified atom stereocenters. The molecule has 0 bridgehead atoms. The second-order valence-electron chi connectivity index (χ2n) is 4.83. The molecule has 0 saturated carbocycles. The van der Waals surface area contributed by atoms with Crippen molar-refractivity contribution in [3.8, 4) is 0 Å². The molecule has 2 amide bonds. The monoisotopic (exact) mass is 251 g/mol. The van der Waals surface area contributed by atoms with Gasteiger partial charge in [-0.2, -0.15) is 0 Å². The van der Waals surface area contributed by atoms with E-state index in [0.717, 1.165) is 5.56 Å². The molecule has 0 atom stereocenters. The van der Waals surface area contributed by atoms with Crippen LogP contribution in [-0.4, -0.2) is 27.8 Å². The molecule has 0 aliphatic carbocycles. The van der Waals surface area contributed by atoms with E-state index in [1.54, 1.807) is 45.0 Å². The molecule has 5 nitrogen and oxygen atoms in total. The van der Waals surface area contributed by atoms with Gasteiger partial charge in [0.1, 0.15) is 5.60 Å². The third-order valence-corrected chi connectivity index (χ3v) is 2.03. The Morgan fingerprint density at radius 3 is 2.22 bits per heavy atom. The van der Waals surface area contributed by atoms with Crippen molar-refractivity contribution >= 4 is 12.2 Å². The predicted octanol–water partition coefficient (Wildman–Crippen LogP) is 3.10. The molecule has 5 heteroatoms. The quantitative estimate of drug-likeness (QED) is 0.877. The van der Waals surface area contributed by atoms with Gasteiger partial charge in [0.25, 0.3) is 0 Å². The highest BCUT2D eigenvalue weighted by molar-refractivity contribution is 5.86. The summed E-state index contributed by atoms with van der Waals surface area (Å²) >= 11 is 0. The molecule has 0 heterocycles. The van der Waals surface area contributed by atoms with Crippen LogP contribution in [0.5, 0.6) is 0 Å². The van der Waals surface area contributed by atoms with E-state index in [4.69, 9.17) is 9.84 Å². The molecule has 1 aromatic rings. The van der Waals surface area contributed by atoms with Gasteiger partial charge in [-0.05, 0) is 26.3 Å². The van der Waals surface area contributed by atoms with E-state index in [0.29, 0.717) is 4.90 Å². The van der Waals surface area contributed by atoms with Gasteiger partial charge < -0.3 is 9.84 Å². The van der Waals surface area contributed by atoms with Crippen molar-refractivity contribution in [1.82, 2.24) is 4.90 Å². The van der Waals surface area contributed by atoms with E-state index in [2.05, 4.69) is 0 Å². The molecule has 98 valence electrons. The minimum Gasteiger partial charge on any atom is -0.465 e. The lowest BCUT2D eigenvalue weighted by Gasteiger charge is -2.24. The molecule has 0 aromatic heterocycles. The van der Waals surface area contributed by atoms with E-state index in [9.17, 15) is 9.59 Å². The van der Waals surface area contributed by atoms with E-state index in [-0.39, 0.29) is 6.54 Å². The normalized spacial score (nSPS) is 10.8. The Hall–Kier alpha value is -2.04. The number of hydrogen-bond donors (Lipinski definition) is 1. The number of benzene rings is 1. The highest BCUT2D eigenvalue weighted by Crippen LogP contribution is 2.12. The second kappa shape index (κ2) is 5.53. The van der Waals surface area contributed by atoms with Crippen LogP contribution in [0.1, 0.15) is 26.3 Å². The molecule has 0 aliphatic rings. The summed E-state index contributed by atoms with van der Waals surface area (Å²) in [6, 6.07) is 8.89. The lowest BCUT2D eigenvalue weighted by Crippen LogP contribution is -2.39. The number of ether oxygens (including phenoxy) is 1. The average Bonchev–Trinajstić information content (AvgIpc) is 2.24. The lowest BCUT2D eigenvalue weighted by atomic mass is 10.2. The topological polar surface area (TPSA) is 66.8 Å². The summed E-state index contributed by atoms with van der Waals surface area (Å²) in [5.74, 6) is 0. The van der Waals surface area contributed by atoms with E-state index in [1.807, 2.05) is 6.07 Å². The van der Waals surface area contributed by atoms with Crippen molar-refractivity contribution in [3.05, 3.63) is 35.9 Å². The van der Waals surface area contributed by atoms with Crippen LogP contribution in [0, 0.1) is 0 Å². The number of carbonyl (C=O) groups excluding carboxylic acids is 1. The SMILES string of the molecule is CC(C)(C)OC(=O)N(Cc1ccccc1)C(=O)O. The second-order valence-corrected chi connectivity index (χ2v) is 4.83. The Kier molecular flexibility index (Phi) is 4.31. The molecule has 0 fully saturated rings. The molecule has 1 N–H and O–H groups in total. The molecule has 1 aromatic carbocycles. The Bertz CT molecular complexity index is 422. The first-order valence-electron chi connectivity index (χ1n) is 5.57. The fraction of sp³-hybridized carbons (Fsp3) is 0.385.